The molecule has 0 saturated heterocycles. The Balaban J connectivity index is 2.63. The number of nitrogens with zero attached hydrogens (tertiary/aromatic N) is 2. The van der Waals surface area contributed by atoms with Crippen molar-refractivity contribution in [2.24, 2.45) is 11.1 Å². The molecule has 0 saturated carbocycles. The van der Waals surface area contributed by atoms with Gasteiger partial charge in [-0.3, -0.25) is 4.79 Å². The lowest BCUT2D eigenvalue weighted by atomic mass is 9.86. The third-order valence-electron chi connectivity index (χ3n) is 2.73. The molecule has 1 rings (SSSR count). The lowest BCUT2D eigenvalue weighted by Crippen LogP contribution is -2.46. The van der Waals surface area contributed by atoms with Crippen molar-refractivity contribution in [3.63, 3.8) is 0 Å². The van der Waals surface area contributed by atoms with Gasteiger partial charge >= 0.3 is 0 Å². The van der Waals surface area contributed by atoms with Gasteiger partial charge in [0, 0.05) is 6.92 Å². The molecule has 1 atom stereocenters. The van der Waals surface area contributed by atoms with E-state index in [1.54, 1.807) is 13.8 Å². The van der Waals surface area contributed by atoms with Crippen LogP contribution in [0.5, 0.6) is 0 Å². The molecule has 0 aliphatic rings. The van der Waals surface area contributed by atoms with E-state index in [1.165, 1.54) is 0 Å². The van der Waals surface area contributed by atoms with Crippen molar-refractivity contribution in [2.75, 3.05) is 0 Å². The van der Waals surface area contributed by atoms with Crippen LogP contribution in [0, 0.1) is 12.3 Å². The first kappa shape index (κ1) is 13.6. The Kier molecular flexibility index (Phi) is 4.17. The van der Waals surface area contributed by atoms with Crippen LogP contribution in [-0.4, -0.2) is 21.0 Å². The van der Waals surface area contributed by atoms with Gasteiger partial charge in [-0.2, -0.15) is 4.98 Å². The molecule has 94 valence electrons. The smallest absolute Gasteiger partial charge is 0.233 e. The first-order chi connectivity index (χ1) is 7.90. The summed E-state index contributed by atoms with van der Waals surface area (Å²) in [7, 11) is 0. The first-order valence-electron chi connectivity index (χ1n) is 5.27. The van der Waals surface area contributed by atoms with Crippen LogP contribution in [0.2, 0.25) is 0 Å². The molecule has 1 amide bonds. The predicted octanol–water partition coefficient (Wildman–Crippen LogP) is 0.697. The van der Waals surface area contributed by atoms with Crippen molar-refractivity contribution < 1.29 is 9.32 Å². The van der Waals surface area contributed by atoms with Gasteiger partial charge in [0.15, 0.2) is 5.82 Å². The minimum absolute atomic E-state index is 0.182. The molecule has 0 spiro atoms. The Morgan fingerprint density at radius 2 is 2.29 bits per heavy atom. The van der Waals surface area contributed by atoms with Crippen molar-refractivity contribution in [1.29, 1.82) is 0 Å². The third-order valence-corrected chi connectivity index (χ3v) is 3.18. The van der Waals surface area contributed by atoms with Gasteiger partial charge in [0.2, 0.25) is 11.8 Å². The minimum atomic E-state index is -0.839. The second kappa shape index (κ2) is 5.22. The van der Waals surface area contributed by atoms with Gasteiger partial charge < -0.3 is 15.6 Å². The molecule has 1 aromatic rings. The summed E-state index contributed by atoms with van der Waals surface area (Å²) in [6, 6.07) is 0. The molecule has 1 unspecified atom stereocenters. The molecule has 7 heteroatoms. The van der Waals surface area contributed by atoms with Gasteiger partial charge in [0.05, 0.1) is 16.9 Å². The number of hydrogen-bond acceptors (Lipinski definition) is 5. The summed E-state index contributed by atoms with van der Waals surface area (Å²) in [5.74, 6) is 0.661. The van der Waals surface area contributed by atoms with Crippen molar-refractivity contribution in [1.82, 2.24) is 15.5 Å². The molecule has 1 heterocycles. The molecule has 0 aromatic carbocycles. The van der Waals surface area contributed by atoms with Crippen molar-refractivity contribution in [3.05, 3.63) is 11.7 Å². The van der Waals surface area contributed by atoms with Gasteiger partial charge in [0.25, 0.3) is 0 Å². The third kappa shape index (κ3) is 3.00. The molecule has 1 aromatic heterocycles. The number of carbonyl (C=O) groups is 1. The Morgan fingerprint density at radius 1 is 1.65 bits per heavy atom. The number of thiocarbonyl (C=S) groups is 1. The van der Waals surface area contributed by atoms with Crippen LogP contribution in [0.1, 0.15) is 32.0 Å². The maximum Gasteiger partial charge on any atom is 0.233 e. The summed E-state index contributed by atoms with van der Waals surface area (Å²) >= 11 is 4.91. The van der Waals surface area contributed by atoms with Crippen LogP contribution in [0.3, 0.4) is 0 Å². The largest absolute Gasteiger partial charge is 0.392 e. The van der Waals surface area contributed by atoms with Crippen LogP contribution >= 0.6 is 12.2 Å². The van der Waals surface area contributed by atoms with Gasteiger partial charge in [0.1, 0.15) is 0 Å². The van der Waals surface area contributed by atoms with E-state index in [0.29, 0.717) is 18.1 Å². The highest BCUT2D eigenvalue weighted by molar-refractivity contribution is 7.80. The standard InChI is InChI=1S/C10H16N4O2S/c1-4-10(3,8(11)17)9(15)12-5-7-13-6(2)16-14-7/h4-5H2,1-3H3,(H2,11,17)(H,12,15). The zero-order valence-electron chi connectivity index (χ0n) is 10.1. The van der Waals surface area contributed by atoms with Crippen molar-refractivity contribution >= 4 is 23.1 Å². The number of hydrogen-bond donors (Lipinski definition) is 2. The molecule has 0 fully saturated rings. The molecule has 0 aliphatic carbocycles. The number of amides is 1. The summed E-state index contributed by atoms with van der Waals surface area (Å²) < 4.78 is 4.79. The monoisotopic (exact) mass is 256 g/mol. The summed E-state index contributed by atoms with van der Waals surface area (Å²) in [5.41, 5.74) is 4.74. The molecular weight excluding hydrogens is 240 g/mol. The molecule has 17 heavy (non-hydrogen) atoms. The van der Waals surface area contributed by atoms with Crippen LogP contribution in [-0.2, 0) is 11.3 Å². The Morgan fingerprint density at radius 3 is 2.71 bits per heavy atom. The predicted molar refractivity (Wildman–Crippen MR) is 66.1 cm³/mol. The minimum Gasteiger partial charge on any atom is -0.392 e. The van der Waals surface area contributed by atoms with E-state index in [-0.39, 0.29) is 17.4 Å². The summed E-state index contributed by atoms with van der Waals surface area (Å²) in [6.45, 7) is 5.46. The zero-order valence-corrected chi connectivity index (χ0v) is 10.9. The lowest BCUT2D eigenvalue weighted by molar-refractivity contribution is -0.127. The molecule has 0 radical (unpaired) electrons. The van der Waals surface area contributed by atoms with E-state index in [9.17, 15) is 4.79 Å². The average molecular weight is 256 g/mol. The summed E-state index contributed by atoms with van der Waals surface area (Å²) in [4.78, 5) is 16.1. The molecule has 0 aliphatic heterocycles. The van der Waals surface area contributed by atoms with Crippen molar-refractivity contribution in [2.45, 2.75) is 33.7 Å². The Bertz CT molecular complexity index is 432. The second-order valence-corrected chi connectivity index (χ2v) is 4.40. The van der Waals surface area contributed by atoms with Gasteiger partial charge in [-0.05, 0) is 13.3 Å². The van der Waals surface area contributed by atoms with Gasteiger partial charge in [-0.1, -0.05) is 24.3 Å². The SMILES string of the molecule is CCC(C)(C(=O)NCc1noc(C)n1)C(N)=S. The van der Waals surface area contributed by atoms with Gasteiger partial charge in [-0.25, -0.2) is 0 Å². The van der Waals surface area contributed by atoms with E-state index in [2.05, 4.69) is 15.5 Å². The van der Waals surface area contributed by atoms with Crippen LogP contribution in [0.4, 0.5) is 0 Å². The van der Waals surface area contributed by atoms with Crippen LogP contribution < -0.4 is 11.1 Å². The highest BCUT2D eigenvalue weighted by Gasteiger charge is 2.34. The lowest BCUT2D eigenvalue weighted by Gasteiger charge is -2.25. The van der Waals surface area contributed by atoms with Crippen LogP contribution in [0.25, 0.3) is 0 Å². The van der Waals surface area contributed by atoms with Crippen molar-refractivity contribution in [3.8, 4) is 0 Å². The maximum absolute atomic E-state index is 12.0. The fraction of sp³-hybridized carbons (Fsp3) is 0.600. The summed E-state index contributed by atoms with van der Waals surface area (Å²) in [6.07, 6.45) is 0.541. The maximum atomic E-state index is 12.0. The van der Waals surface area contributed by atoms with E-state index >= 15 is 0 Å². The first-order valence-corrected chi connectivity index (χ1v) is 5.68. The average Bonchev–Trinajstić information content (AvgIpc) is 2.70. The topological polar surface area (TPSA) is 94.0 Å². The van der Waals surface area contributed by atoms with E-state index in [0.717, 1.165) is 0 Å². The fourth-order valence-electron chi connectivity index (χ4n) is 1.21. The van der Waals surface area contributed by atoms with Crippen LogP contribution in [0.15, 0.2) is 4.52 Å². The number of aromatic nitrogens is 2. The highest BCUT2D eigenvalue weighted by Crippen LogP contribution is 2.21. The normalized spacial score (nSPS) is 14.1. The fourth-order valence-corrected chi connectivity index (χ4v) is 1.45. The number of nitrogens with one attached hydrogen (secondary N) is 1. The van der Waals surface area contributed by atoms with E-state index < -0.39 is 5.41 Å². The number of aryl methyl sites for hydroxylation is 1. The molecule has 3 N–H and O–H groups in total. The van der Waals surface area contributed by atoms with E-state index in [1.807, 2.05) is 6.92 Å². The molecular formula is C10H16N4O2S. The number of carbonyl (C=O) groups excluding carboxylic acids is 1. The zero-order chi connectivity index (χ0) is 13.1. The number of nitrogens with two attached hydrogens (primary N) is 1. The molecule has 6 nitrogen and oxygen atoms in total. The Hall–Kier alpha value is -1.50. The highest BCUT2D eigenvalue weighted by atomic mass is 32.1. The summed E-state index contributed by atoms with van der Waals surface area (Å²) in [5, 5.41) is 6.37. The quantitative estimate of drug-likeness (QED) is 0.753. The Labute approximate surface area is 105 Å². The second-order valence-electron chi connectivity index (χ2n) is 3.96. The molecule has 0 bridgehead atoms. The number of rotatable bonds is 5. The van der Waals surface area contributed by atoms with Gasteiger partial charge in [-0.15, -0.1) is 0 Å². The van der Waals surface area contributed by atoms with E-state index in [4.69, 9.17) is 22.5 Å².